The van der Waals surface area contributed by atoms with Crippen LogP contribution in [0.1, 0.15) is 6.92 Å². The summed E-state index contributed by atoms with van der Waals surface area (Å²) in [5.74, 6) is 0. The minimum absolute atomic E-state index is 0.0602. The SMILES string of the molecule is CC(N)C[N]. The molecular formula is C3H8N2. The highest BCUT2D eigenvalue weighted by atomic mass is 14.7. The first-order chi connectivity index (χ1) is 2.27. The predicted molar refractivity (Wildman–Crippen MR) is 20.7 cm³/mol. The monoisotopic (exact) mass is 72.1 g/mol. The summed E-state index contributed by atoms with van der Waals surface area (Å²) in [5, 5.41) is 0. The van der Waals surface area contributed by atoms with Crippen molar-refractivity contribution in [2.24, 2.45) is 5.73 Å². The van der Waals surface area contributed by atoms with Crippen molar-refractivity contribution in [1.82, 2.24) is 5.73 Å². The normalized spacial score (nSPS) is 15.0. The van der Waals surface area contributed by atoms with Gasteiger partial charge in [-0.25, -0.2) is 0 Å². The van der Waals surface area contributed by atoms with Crippen LogP contribution in [0.15, 0.2) is 0 Å². The van der Waals surface area contributed by atoms with Gasteiger partial charge in [0.1, 0.15) is 0 Å². The van der Waals surface area contributed by atoms with Crippen LogP contribution in [0.25, 0.3) is 0 Å². The highest BCUT2D eigenvalue weighted by Crippen LogP contribution is 1.61. The summed E-state index contributed by atoms with van der Waals surface area (Å²) in [6, 6.07) is -0.0602. The van der Waals surface area contributed by atoms with E-state index >= 15 is 0 Å². The Kier molecular flexibility index (Phi) is 2.14. The summed E-state index contributed by atoms with van der Waals surface area (Å²) < 4.78 is 0. The van der Waals surface area contributed by atoms with E-state index in [1.165, 1.54) is 0 Å². The Morgan fingerprint density at radius 1 is 2.00 bits per heavy atom. The Morgan fingerprint density at radius 2 is 2.20 bits per heavy atom. The van der Waals surface area contributed by atoms with E-state index in [0.717, 1.165) is 0 Å². The Labute approximate surface area is 32.1 Å². The molecule has 2 nitrogen and oxygen atoms in total. The van der Waals surface area contributed by atoms with Gasteiger partial charge < -0.3 is 5.73 Å². The van der Waals surface area contributed by atoms with Crippen molar-refractivity contribution in [3.05, 3.63) is 0 Å². The van der Waals surface area contributed by atoms with Gasteiger partial charge in [0.05, 0.1) is 0 Å². The third-order valence-corrected chi connectivity index (χ3v) is 0.288. The molecule has 0 aliphatic rings. The lowest BCUT2D eigenvalue weighted by Gasteiger charge is -1.89. The zero-order valence-corrected chi connectivity index (χ0v) is 3.31. The lowest BCUT2D eigenvalue weighted by atomic mass is 10.4. The van der Waals surface area contributed by atoms with Gasteiger partial charge in [-0.15, -0.1) is 5.73 Å². The molecule has 0 rings (SSSR count). The molecule has 2 N–H and O–H groups in total. The van der Waals surface area contributed by atoms with Gasteiger partial charge in [0.25, 0.3) is 0 Å². The third-order valence-electron chi connectivity index (χ3n) is 0.288. The molecule has 0 aromatic carbocycles. The van der Waals surface area contributed by atoms with E-state index in [1.807, 2.05) is 0 Å². The standard InChI is InChI=1S/C3H8N2/c1-3(5)2-4/h3H,2,5H2,1H3. The third kappa shape index (κ3) is 3.92. The maximum atomic E-state index is 8.02. The van der Waals surface area contributed by atoms with E-state index in [1.54, 1.807) is 6.92 Å². The van der Waals surface area contributed by atoms with Gasteiger partial charge in [-0.1, -0.05) is 0 Å². The molecule has 1 atom stereocenters. The number of nitrogens with two attached hydrogens (primary N) is 1. The van der Waals surface area contributed by atoms with Crippen LogP contribution in [-0.2, 0) is 0 Å². The minimum Gasteiger partial charge on any atom is -0.327 e. The maximum absolute atomic E-state index is 8.02. The molecule has 0 fully saturated rings. The zero-order valence-electron chi connectivity index (χ0n) is 3.31. The first-order valence-electron chi connectivity index (χ1n) is 1.64. The molecule has 0 saturated heterocycles. The molecule has 0 bridgehead atoms. The van der Waals surface area contributed by atoms with Crippen molar-refractivity contribution >= 4 is 0 Å². The molecule has 0 spiro atoms. The van der Waals surface area contributed by atoms with Crippen molar-refractivity contribution in [2.45, 2.75) is 13.0 Å². The van der Waals surface area contributed by atoms with Gasteiger partial charge in [0, 0.05) is 12.6 Å². The fourth-order valence-electron chi connectivity index (χ4n) is 0. The topological polar surface area (TPSA) is 48.3 Å². The molecule has 2 radical (unpaired) electrons. The second kappa shape index (κ2) is 2.18. The number of hydrogen-bond donors (Lipinski definition) is 1. The summed E-state index contributed by atoms with van der Waals surface area (Å²) in [4.78, 5) is 0. The molecule has 0 aliphatic carbocycles. The molecular weight excluding hydrogens is 64.0 g/mol. The van der Waals surface area contributed by atoms with E-state index < -0.39 is 0 Å². The van der Waals surface area contributed by atoms with Gasteiger partial charge in [-0.3, -0.25) is 0 Å². The Balaban J connectivity index is 2.54. The highest BCUT2D eigenvalue weighted by molar-refractivity contribution is 4.47. The van der Waals surface area contributed by atoms with E-state index in [0.29, 0.717) is 0 Å². The van der Waals surface area contributed by atoms with Crippen LogP contribution in [0.4, 0.5) is 0 Å². The molecule has 0 heterocycles. The first kappa shape index (κ1) is 4.92. The van der Waals surface area contributed by atoms with E-state index in [2.05, 4.69) is 0 Å². The molecule has 0 aliphatic heterocycles. The summed E-state index contributed by atoms with van der Waals surface area (Å²) in [6.45, 7) is 1.83. The van der Waals surface area contributed by atoms with E-state index in [-0.39, 0.29) is 12.6 Å². The van der Waals surface area contributed by atoms with Gasteiger partial charge in [-0.2, -0.15) is 0 Å². The fourth-order valence-corrected chi connectivity index (χ4v) is 0. The lowest BCUT2D eigenvalue weighted by Crippen LogP contribution is -2.19. The Hall–Kier alpha value is -0.0800. The van der Waals surface area contributed by atoms with Crippen molar-refractivity contribution in [2.75, 3.05) is 6.54 Å². The smallest absolute Gasteiger partial charge is 0.0470 e. The van der Waals surface area contributed by atoms with E-state index in [4.69, 9.17) is 11.5 Å². The van der Waals surface area contributed by atoms with Crippen LogP contribution in [0, 0.1) is 0 Å². The lowest BCUT2D eigenvalue weighted by molar-refractivity contribution is 0.739. The molecule has 5 heavy (non-hydrogen) atoms. The number of nitrogens with zero attached hydrogens (tertiary/aromatic N) is 1. The van der Waals surface area contributed by atoms with Crippen LogP contribution >= 0.6 is 0 Å². The number of hydrogen-bond acceptors (Lipinski definition) is 1. The molecule has 0 aromatic heterocycles. The van der Waals surface area contributed by atoms with Crippen molar-refractivity contribution in [3.8, 4) is 0 Å². The van der Waals surface area contributed by atoms with Crippen LogP contribution < -0.4 is 11.5 Å². The Morgan fingerprint density at radius 3 is 2.20 bits per heavy atom. The van der Waals surface area contributed by atoms with Crippen molar-refractivity contribution < 1.29 is 0 Å². The largest absolute Gasteiger partial charge is 0.327 e. The van der Waals surface area contributed by atoms with E-state index in [9.17, 15) is 0 Å². The van der Waals surface area contributed by atoms with Crippen LogP contribution in [0.2, 0.25) is 0 Å². The molecule has 0 amide bonds. The molecule has 0 saturated carbocycles. The van der Waals surface area contributed by atoms with Crippen molar-refractivity contribution in [1.29, 1.82) is 0 Å². The van der Waals surface area contributed by atoms with Gasteiger partial charge in [0.15, 0.2) is 0 Å². The van der Waals surface area contributed by atoms with Crippen LogP contribution in [0.3, 0.4) is 0 Å². The fraction of sp³-hybridized carbons (Fsp3) is 1.00. The predicted octanol–water partition coefficient (Wildman–Crippen LogP) is -0.598. The maximum Gasteiger partial charge on any atom is 0.0470 e. The number of rotatable bonds is 1. The zero-order chi connectivity index (χ0) is 4.28. The summed E-state index contributed by atoms with van der Waals surface area (Å²) in [5.41, 5.74) is 13.1. The molecule has 0 aromatic rings. The van der Waals surface area contributed by atoms with Gasteiger partial charge in [-0.05, 0) is 6.92 Å². The second-order valence-corrected chi connectivity index (χ2v) is 1.16. The first-order valence-corrected chi connectivity index (χ1v) is 1.64. The van der Waals surface area contributed by atoms with Gasteiger partial charge >= 0.3 is 0 Å². The molecule has 30 valence electrons. The average molecular weight is 72.1 g/mol. The Bertz CT molecular complexity index is 18.9. The second-order valence-electron chi connectivity index (χ2n) is 1.16. The van der Waals surface area contributed by atoms with Crippen LogP contribution in [-0.4, -0.2) is 12.6 Å². The quantitative estimate of drug-likeness (QED) is 0.442. The summed E-state index contributed by atoms with van der Waals surface area (Å²) in [6.07, 6.45) is 0. The average Bonchev–Trinajstić information content (AvgIpc) is 1.38. The summed E-state index contributed by atoms with van der Waals surface area (Å²) >= 11 is 0. The van der Waals surface area contributed by atoms with Gasteiger partial charge in [0.2, 0.25) is 0 Å². The minimum atomic E-state index is -0.0602. The summed E-state index contributed by atoms with van der Waals surface area (Å²) in [7, 11) is 0. The molecule has 1 unspecified atom stereocenters. The highest BCUT2D eigenvalue weighted by Gasteiger charge is 1.82. The molecule has 2 heteroatoms. The van der Waals surface area contributed by atoms with Crippen molar-refractivity contribution in [3.63, 3.8) is 0 Å². The van der Waals surface area contributed by atoms with Crippen LogP contribution in [0.5, 0.6) is 0 Å².